The minimum atomic E-state index is -0.533. The molecule has 1 aromatic carbocycles. The van der Waals surface area contributed by atoms with Crippen molar-refractivity contribution in [1.82, 2.24) is 15.3 Å². The van der Waals surface area contributed by atoms with Crippen LogP contribution in [0, 0.1) is 16.7 Å². The minimum Gasteiger partial charge on any atom is -0.355 e. The van der Waals surface area contributed by atoms with Gasteiger partial charge in [0.15, 0.2) is 5.82 Å². The molecular formula is C25H33N5O2. The molecule has 0 saturated carbocycles. The fourth-order valence-corrected chi connectivity index (χ4v) is 3.99. The van der Waals surface area contributed by atoms with Gasteiger partial charge in [0.05, 0.1) is 12.8 Å². The van der Waals surface area contributed by atoms with Gasteiger partial charge in [-0.05, 0) is 54.9 Å². The van der Waals surface area contributed by atoms with Crippen molar-refractivity contribution in [2.45, 2.75) is 59.6 Å². The van der Waals surface area contributed by atoms with E-state index in [0.717, 1.165) is 42.6 Å². The second-order valence-electron chi connectivity index (χ2n) is 8.88. The normalized spacial score (nSPS) is 21.7. The van der Waals surface area contributed by atoms with Gasteiger partial charge in [0.1, 0.15) is 17.5 Å². The van der Waals surface area contributed by atoms with Gasteiger partial charge in [-0.2, -0.15) is 5.26 Å². The predicted octanol–water partition coefficient (Wildman–Crippen LogP) is 4.95. The number of aromatic nitrogens is 2. The van der Waals surface area contributed by atoms with E-state index in [0.29, 0.717) is 6.61 Å². The van der Waals surface area contributed by atoms with E-state index in [1.807, 2.05) is 39.0 Å². The summed E-state index contributed by atoms with van der Waals surface area (Å²) in [6.45, 7) is 12.1. The van der Waals surface area contributed by atoms with Crippen molar-refractivity contribution in [2.75, 3.05) is 18.5 Å². The average Bonchev–Trinajstić information content (AvgIpc) is 3.45. The predicted molar refractivity (Wildman–Crippen MR) is 126 cm³/mol. The van der Waals surface area contributed by atoms with E-state index < -0.39 is 5.72 Å². The van der Waals surface area contributed by atoms with Crippen molar-refractivity contribution in [1.29, 1.82) is 5.26 Å². The van der Waals surface area contributed by atoms with Gasteiger partial charge in [0, 0.05) is 17.8 Å². The lowest BCUT2D eigenvalue weighted by atomic mass is 9.76. The maximum Gasteiger partial charge on any atom is 0.291 e. The van der Waals surface area contributed by atoms with Gasteiger partial charge < -0.3 is 15.0 Å². The third-order valence-electron chi connectivity index (χ3n) is 6.00. The van der Waals surface area contributed by atoms with Crippen LogP contribution in [0.15, 0.2) is 30.5 Å². The molecule has 0 spiro atoms. The molecule has 2 heterocycles. The average molecular weight is 436 g/mol. The Morgan fingerprint density at radius 1 is 1.28 bits per heavy atom. The summed E-state index contributed by atoms with van der Waals surface area (Å²) in [5.74, 6) is -0.253. The molecule has 1 aliphatic heterocycles. The van der Waals surface area contributed by atoms with E-state index in [1.54, 1.807) is 0 Å². The number of benzene rings is 1. The highest BCUT2D eigenvalue weighted by molar-refractivity contribution is 6.03. The Bertz CT molecular complexity index is 1040. The number of H-pyrrole nitrogens is 1. The number of aromatic amines is 1. The molecule has 1 amide bonds. The molecule has 0 bridgehead atoms. The van der Waals surface area contributed by atoms with Crippen LogP contribution >= 0.6 is 0 Å². The largest absolute Gasteiger partial charge is 0.355 e. The molecule has 4 rings (SSSR count). The van der Waals surface area contributed by atoms with E-state index in [1.165, 1.54) is 11.8 Å². The Morgan fingerprint density at radius 3 is 2.66 bits per heavy atom. The maximum atomic E-state index is 12.7. The van der Waals surface area contributed by atoms with Gasteiger partial charge in [-0.1, -0.05) is 39.8 Å². The molecule has 170 valence electrons. The monoisotopic (exact) mass is 435 g/mol. The number of ether oxygens (including phenoxy) is 1. The number of carbonyl (C=O) groups is 1. The first-order valence-electron chi connectivity index (χ1n) is 11.3. The summed E-state index contributed by atoms with van der Waals surface area (Å²) < 4.78 is 5.94. The van der Waals surface area contributed by atoms with Crippen LogP contribution in [-0.2, 0) is 10.5 Å². The number of anilines is 1. The highest BCUT2D eigenvalue weighted by Gasteiger charge is 2.32. The van der Waals surface area contributed by atoms with Gasteiger partial charge in [-0.25, -0.2) is 4.98 Å². The second kappa shape index (κ2) is 9.68. The van der Waals surface area contributed by atoms with Crippen LogP contribution in [0.3, 0.4) is 0 Å². The number of allylic oxidation sites excluding steroid dienone is 2. The Balaban J connectivity index is 0.00000141. The molecule has 32 heavy (non-hydrogen) atoms. The zero-order chi connectivity index (χ0) is 23.4. The molecule has 0 radical (unpaired) electrons. The molecule has 1 aromatic heterocycles. The topological polar surface area (TPSA) is 103 Å². The number of hydrogen-bond donors (Lipinski definition) is 3. The van der Waals surface area contributed by atoms with Gasteiger partial charge in [-0.15, -0.1) is 0 Å². The number of carbonyl (C=O) groups excluding carboxylic acids is 1. The third kappa shape index (κ3) is 5.09. The van der Waals surface area contributed by atoms with E-state index in [-0.39, 0.29) is 22.8 Å². The summed E-state index contributed by atoms with van der Waals surface area (Å²) in [7, 11) is 0. The fourth-order valence-electron chi connectivity index (χ4n) is 3.99. The summed E-state index contributed by atoms with van der Waals surface area (Å²) >= 11 is 0. The van der Waals surface area contributed by atoms with Crippen LogP contribution in [0.25, 0.3) is 5.57 Å². The highest BCUT2D eigenvalue weighted by Crippen LogP contribution is 2.41. The molecular weight excluding hydrogens is 402 g/mol. The van der Waals surface area contributed by atoms with Crippen LogP contribution in [-0.4, -0.2) is 29.0 Å². The van der Waals surface area contributed by atoms with Crippen molar-refractivity contribution >= 4 is 17.2 Å². The highest BCUT2D eigenvalue weighted by atomic mass is 16.5. The molecule has 1 fully saturated rings. The number of nitrogens with zero attached hydrogens (tertiary/aromatic N) is 2. The molecule has 2 aromatic rings. The summed E-state index contributed by atoms with van der Waals surface area (Å²) in [5, 5.41) is 15.3. The van der Waals surface area contributed by atoms with Gasteiger partial charge in [0.2, 0.25) is 0 Å². The quantitative estimate of drug-likeness (QED) is 0.631. The van der Waals surface area contributed by atoms with E-state index >= 15 is 0 Å². The lowest BCUT2D eigenvalue weighted by Crippen LogP contribution is -2.34. The number of rotatable bonds is 4. The standard InChI is InChI=1S/C23H27N5O2.C2H6/c1-22(2)8-6-15(7-9-22)18-12-16(23(3)26-10-11-30-23)4-5-19(18)28-21(29)20-25-14-17(13-24)27-20;1-2/h4-6,12,14,26H,7-11H2,1-3H3,(H,25,27)(H,28,29);1-2H3. The summed E-state index contributed by atoms with van der Waals surface area (Å²) in [6, 6.07) is 7.97. The molecule has 1 atom stereocenters. The van der Waals surface area contributed by atoms with E-state index in [2.05, 4.69) is 46.6 Å². The first kappa shape index (κ1) is 23.7. The SMILES string of the molecule is CC.CC1(C)CC=C(c2cc(C3(C)NCCO3)ccc2NC(=O)c2ncc(C#N)[nH]2)CC1. The molecule has 1 aliphatic carbocycles. The summed E-state index contributed by atoms with van der Waals surface area (Å²) in [4.78, 5) is 19.4. The molecule has 7 heteroatoms. The van der Waals surface area contributed by atoms with Gasteiger partial charge in [0.25, 0.3) is 5.91 Å². The van der Waals surface area contributed by atoms with Crippen LogP contribution < -0.4 is 10.6 Å². The number of nitriles is 1. The van der Waals surface area contributed by atoms with E-state index in [9.17, 15) is 4.79 Å². The fraction of sp³-hybridized carbons (Fsp3) is 0.480. The van der Waals surface area contributed by atoms with Crippen LogP contribution in [0.4, 0.5) is 5.69 Å². The Hall–Kier alpha value is -2.95. The van der Waals surface area contributed by atoms with Crippen molar-refractivity contribution in [3.05, 3.63) is 53.1 Å². The van der Waals surface area contributed by atoms with Gasteiger partial charge >= 0.3 is 0 Å². The van der Waals surface area contributed by atoms with Gasteiger partial charge in [-0.3, -0.25) is 10.1 Å². The number of nitrogens with one attached hydrogen (secondary N) is 3. The molecule has 2 aliphatic rings. The van der Waals surface area contributed by atoms with E-state index in [4.69, 9.17) is 10.00 Å². The Kier molecular flexibility index (Phi) is 7.17. The molecule has 3 N–H and O–H groups in total. The van der Waals surface area contributed by atoms with Crippen LogP contribution in [0.5, 0.6) is 0 Å². The lowest BCUT2D eigenvalue weighted by molar-refractivity contribution is 0.00247. The number of amides is 1. The summed E-state index contributed by atoms with van der Waals surface area (Å²) in [5.41, 5.74) is 4.00. The number of hydrogen-bond acceptors (Lipinski definition) is 5. The van der Waals surface area contributed by atoms with Crippen molar-refractivity contribution in [3.63, 3.8) is 0 Å². The second-order valence-corrected chi connectivity index (χ2v) is 8.88. The van der Waals surface area contributed by atoms with Crippen molar-refractivity contribution in [3.8, 4) is 6.07 Å². The first-order chi connectivity index (χ1) is 15.3. The van der Waals surface area contributed by atoms with Crippen LogP contribution in [0.2, 0.25) is 0 Å². The summed E-state index contributed by atoms with van der Waals surface area (Å²) in [6.07, 6.45) is 6.67. The lowest BCUT2D eigenvalue weighted by Gasteiger charge is -2.30. The third-order valence-corrected chi connectivity index (χ3v) is 6.00. The minimum absolute atomic E-state index is 0.119. The molecule has 1 unspecified atom stereocenters. The maximum absolute atomic E-state index is 12.7. The molecule has 1 saturated heterocycles. The van der Waals surface area contributed by atoms with Crippen molar-refractivity contribution < 1.29 is 9.53 Å². The Morgan fingerprint density at radius 2 is 2.06 bits per heavy atom. The van der Waals surface area contributed by atoms with Crippen LogP contribution in [0.1, 0.15) is 81.3 Å². The smallest absolute Gasteiger partial charge is 0.291 e. The zero-order valence-electron chi connectivity index (χ0n) is 19.6. The number of imidazole rings is 1. The zero-order valence-corrected chi connectivity index (χ0v) is 19.6. The Labute approximate surface area is 190 Å². The first-order valence-corrected chi connectivity index (χ1v) is 11.3. The molecule has 7 nitrogen and oxygen atoms in total. The van der Waals surface area contributed by atoms with Crippen molar-refractivity contribution in [2.24, 2.45) is 5.41 Å².